The van der Waals surface area contributed by atoms with Crippen LogP contribution in [0.2, 0.25) is 0 Å². The van der Waals surface area contributed by atoms with Crippen molar-refractivity contribution in [3.8, 4) is 0 Å². The van der Waals surface area contributed by atoms with Crippen LogP contribution in [-0.2, 0) is 36.3 Å². The molecule has 0 spiro atoms. The predicted octanol–water partition coefficient (Wildman–Crippen LogP) is 3.16. The molecule has 0 saturated carbocycles. The molecular formula is C45H65IN4O12. The van der Waals surface area contributed by atoms with E-state index in [0.29, 0.717) is 66.8 Å². The number of unbranched alkanes of at least 4 members (excludes halogenated alkanes) is 2. The first-order valence-corrected chi connectivity index (χ1v) is 25.7. The van der Waals surface area contributed by atoms with Gasteiger partial charge in [0.05, 0.1) is 13.2 Å². The molecule has 4 aliphatic heterocycles. The maximum absolute atomic E-state index is 13.9. The van der Waals surface area contributed by atoms with Crippen molar-refractivity contribution >= 4 is 44.1 Å². The van der Waals surface area contributed by atoms with Crippen molar-refractivity contribution in [2.45, 2.75) is 76.5 Å². The fourth-order valence-electron chi connectivity index (χ4n) is 8.23. The van der Waals surface area contributed by atoms with E-state index in [2.05, 4.69) is 28.5 Å². The van der Waals surface area contributed by atoms with E-state index in [4.69, 9.17) is 26.8 Å². The summed E-state index contributed by atoms with van der Waals surface area (Å²) in [5.41, 5.74) is 1.23. The molecule has 4 heterocycles. The average Bonchev–Trinajstić information content (AvgIpc) is 3.87. The summed E-state index contributed by atoms with van der Waals surface area (Å²) < 4.78 is 38.0. The number of β-amino-alcohol motifs (C(OH)–C–C–N with tert-alkyl or cyclic N) is 2. The van der Waals surface area contributed by atoms with Gasteiger partial charge in [0.15, 0.2) is 0 Å². The molecule has 16 nitrogen and oxygen atoms in total. The van der Waals surface area contributed by atoms with E-state index < -0.39 is 62.7 Å². The molecule has 4 saturated heterocycles. The molecule has 2 N–H and O–H groups in total. The molecule has 0 bridgehead atoms. The van der Waals surface area contributed by atoms with E-state index >= 15 is 0 Å². The number of carbonyl (C=O) groups is 4. The van der Waals surface area contributed by atoms with Gasteiger partial charge in [0.25, 0.3) is 0 Å². The van der Waals surface area contributed by atoms with Crippen molar-refractivity contribution in [2.75, 3.05) is 109 Å². The second-order valence-corrected chi connectivity index (χ2v) is 20.7. The third-order valence-electron chi connectivity index (χ3n) is 11.7. The Morgan fingerprint density at radius 3 is 1.74 bits per heavy atom. The van der Waals surface area contributed by atoms with Crippen LogP contribution in [0.3, 0.4) is 0 Å². The summed E-state index contributed by atoms with van der Waals surface area (Å²) >= 11 is -2.63. The molecular weight excluding hydrogens is 915 g/mol. The van der Waals surface area contributed by atoms with Gasteiger partial charge in [-0.25, -0.2) is 0 Å². The number of alkyl halides is 1. The van der Waals surface area contributed by atoms with Crippen molar-refractivity contribution in [3.05, 3.63) is 68.8 Å². The molecule has 0 aromatic heterocycles. The Morgan fingerprint density at radius 2 is 1.18 bits per heavy atom. The molecule has 0 aliphatic carbocycles. The van der Waals surface area contributed by atoms with Crippen LogP contribution in [0, 0.1) is 3.57 Å². The van der Waals surface area contributed by atoms with Gasteiger partial charge in [-0.05, 0) is 12.8 Å². The number of carbonyl (C=O) groups excluding carboxylic acids is 4. The Labute approximate surface area is 373 Å². The van der Waals surface area contributed by atoms with Crippen LogP contribution in [0.25, 0.3) is 0 Å². The number of benzene rings is 2. The van der Waals surface area contributed by atoms with Gasteiger partial charge in [0, 0.05) is 32.7 Å². The van der Waals surface area contributed by atoms with Gasteiger partial charge in [-0.2, -0.15) is 0 Å². The molecule has 5 atom stereocenters. The first-order valence-electron chi connectivity index (χ1n) is 22.2. The third-order valence-corrected chi connectivity index (χ3v) is 16.7. The monoisotopic (exact) mass is 980 g/mol. The zero-order valence-corrected chi connectivity index (χ0v) is 38.4. The number of hydrogen-bond acceptors (Lipinski definition) is 16. The second-order valence-electron chi connectivity index (χ2n) is 16.2. The number of piperazine rings is 2. The molecule has 62 heavy (non-hydrogen) atoms. The molecule has 2 aromatic carbocycles. The number of nitrogens with zero attached hydrogens (tertiary/aromatic N) is 4. The zero-order valence-electron chi connectivity index (χ0n) is 36.2. The van der Waals surface area contributed by atoms with Gasteiger partial charge < -0.3 is 9.84 Å². The second kappa shape index (κ2) is 24.7. The summed E-state index contributed by atoms with van der Waals surface area (Å²) in [4.78, 5) is 62.8. The van der Waals surface area contributed by atoms with E-state index in [1.165, 1.54) is 0 Å². The Hall–Kier alpha value is -3.27. The van der Waals surface area contributed by atoms with E-state index in [9.17, 15) is 29.4 Å². The van der Waals surface area contributed by atoms with E-state index in [1.54, 1.807) is 30.3 Å². The van der Waals surface area contributed by atoms with Crippen molar-refractivity contribution in [2.24, 2.45) is 0 Å². The average molecular weight is 981 g/mol. The van der Waals surface area contributed by atoms with Gasteiger partial charge in [0.2, 0.25) is 0 Å². The van der Waals surface area contributed by atoms with Crippen LogP contribution in [-0.4, -0.2) is 187 Å². The quantitative estimate of drug-likeness (QED) is 0.0761. The summed E-state index contributed by atoms with van der Waals surface area (Å²) in [6.07, 6.45) is 0.510. The summed E-state index contributed by atoms with van der Waals surface area (Å²) in [6, 6.07) is 14.2. The fourth-order valence-corrected chi connectivity index (χ4v) is 13.1. The molecule has 4 aliphatic rings. The minimum atomic E-state index is -2.63. The van der Waals surface area contributed by atoms with Gasteiger partial charge >= 0.3 is 254 Å². The van der Waals surface area contributed by atoms with Crippen LogP contribution >= 0.6 is 20.2 Å². The molecule has 6 rings (SSSR count). The predicted molar refractivity (Wildman–Crippen MR) is 238 cm³/mol. The first kappa shape index (κ1) is 48.2. The van der Waals surface area contributed by atoms with Gasteiger partial charge in [-0.1, -0.05) is 31.5 Å². The van der Waals surface area contributed by atoms with Crippen molar-refractivity contribution in [1.82, 2.24) is 19.6 Å². The molecule has 344 valence electrons. The van der Waals surface area contributed by atoms with Crippen molar-refractivity contribution < 1.29 is 56.1 Å². The molecule has 4 fully saturated rings. The summed E-state index contributed by atoms with van der Waals surface area (Å²) in [7, 11) is 0. The molecule has 0 amide bonds. The van der Waals surface area contributed by atoms with Crippen LogP contribution in [0.4, 0.5) is 0 Å². The summed E-state index contributed by atoms with van der Waals surface area (Å²) in [6.45, 7) is 11.9. The topological polar surface area (TPSA) is 177 Å². The molecule has 17 heteroatoms. The van der Waals surface area contributed by atoms with Crippen molar-refractivity contribution in [1.29, 1.82) is 0 Å². The Morgan fingerprint density at radius 1 is 0.677 bits per heavy atom. The van der Waals surface area contributed by atoms with Crippen LogP contribution in [0.1, 0.15) is 78.3 Å². The van der Waals surface area contributed by atoms with Crippen LogP contribution in [0.15, 0.2) is 48.5 Å². The van der Waals surface area contributed by atoms with Gasteiger partial charge in [0.1, 0.15) is 6.10 Å². The van der Waals surface area contributed by atoms with Crippen molar-refractivity contribution in [3.63, 3.8) is 0 Å². The van der Waals surface area contributed by atoms with Crippen LogP contribution < -0.4 is 0 Å². The number of fused-ring (bicyclic) bond motifs is 1. The SMILES string of the molecule is CCCC[C@@H](OC(=O)CN1CCN(CCO)CC1)c1ccccc1C(=O)O[C@@H]1CO[C@H]2[C@@H]1OC[C@@H]2OC(=O)c1ccccc1I(CCCC)OC(=O)CN1CCN(CCO)CC1. The number of ether oxygens (including phenoxy) is 5. The van der Waals surface area contributed by atoms with Gasteiger partial charge in [-0.3, -0.25) is 14.6 Å². The van der Waals surface area contributed by atoms with E-state index in [1.807, 2.05) is 23.1 Å². The van der Waals surface area contributed by atoms with E-state index in [-0.39, 0.29) is 51.5 Å². The van der Waals surface area contributed by atoms with Crippen LogP contribution in [0.5, 0.6) is 0 Å². The summed E-state index contributed by atoms with van der Waals surface area (Å²) in [5.74, 6) is -1.80. The maximum atomic E-state index is 13.9. The number of rotatable bonds is 22. The Balaban J connectivity index is 1.05. The van der Waals surface area contributed by atoms with E-state index in [0.717, 1.165) is 55.4 Å². The molecule has 0 radical (unpaired) electrons. The van der Waals surface area contributed by atoms with Gasteiger partial charge in [-0.15, -0.1) is 0 Å². The third kappa shape index (κ3) is 13.4. The number of hydrogen-bond donors (Lipinski definition) is 2. The zero-order chi connectivity index (χ0) is 43.8. The number of halogens is 1. The molecule has 2 aromatic rings. The minimum absolute atomic E-state index is 0.0486. The number of aliphatic hydroxyl groups excluding tert-OH is 2. The number of esters is 3. The summed E-state index contributed by atoms with van der Waals surface area (Å²) in [5, 5.41) is 18.5. The normalized spacial score (nSPS) is 23.1. The first-order chi connectivity index (χ1) is 30.2. The standard InChI is InChI=1S/C45H65IN4O12/c1-3-5-15-37(59-40(53)29-49-21-17-47(18-22-49)25-27-51)33-11-7-8-12-34(33)44(55)60-38-31-57-43-39(32-58-42(38)43)61-45(56)35-13-9-10-14-36(35)46(16-6-4-2)62-41(54)30-50-23-19-48(20-24-50)26-28-52/h7-14,37-39,42-43,51-52H,3-6,15-32H2,1-2H3/t37-,38-,39+,42-,43-/m1/s1. The number of aliphatic hydroxyl groups is 2. The Kier molecular flexibility index (Phi) is 19.2. The fraction of sp³-hybridized carbons (Fsp3) is 0.644. The molecule has 0 unspecified atom stereocenters. The Bertz CT molecular complexity index is 1630.